The Morgan fingerprint density at radius 2 is 1.87 bits per heavy atom. The number of hydrogen-bond acceptors (Lipinski definition) is 4. The molecule has 2 aliphatic rings. The molecule has 2 heterocycles. The van der Waals surface area contributed by atoms with Crippen LogP contribution in [-0.2, 0) is 18.0 Å². The van der Waals surface area contributed by atoms with E-state index in [9.17, 15) is 14.0 Å². The molecule has 0 aliphatic carbocycles. The normalized spacial score (nSPS) is 18.6. The molecule has 0 aromatic heterocycles. The predicted octanol–water partition coefficient (Wildman–Crippen LogP) is 4.15. The Kier molecular flexibility index (Phi) is 5.47. The number of carbonyl (C=O) groups is 2. The highest BCUT2D eigenvalue weighted by Gasteiger charge is 2.47. The smallest absolute Gasteiger partial charge is 0.415 e. The van der Waals surface area contributed by atoms with E-state index in [1.165, 1.54) is 12.1 Å². The van der Waals surface area contributed by atoms with Crippen molar-refractivity contribution in [1.29, 1.82) is 0 Å². The first kappa shape index (κ1) is 20.3. The minimum atomic E-state index is -0.999. The minimum absolute atomic E-state index is 0.182. The Hall–Kier alpha value is -2.93. The number of amides is 1. The Labute approximate surface area is 174 Å². The van der Waals surface area contributed by atoms with Gasteiger partial charge in [-0.15, -0.1) is 0 Å². The van der Waals surface area contributed by atoms with Crippen LogP contribution in [0.1, 0.15) is 39.9 Å². The third kappa shape index (κ3) is 4.03. The summed E-state index contributed by atoms with van der Waals surface area (Å²) in [6, 6.07) is 12.2. The van der Waals surface area contributed by atoms with Gasteiger partial charge in [-0.2, -0.15) is 0 Å². The van der Waals surface area contributed by atoms with Crippen molar-refractivity contribution in [3.05, 3.63) is 64.7 Å². The second-order valence-electron chi connectivity index (χ2n) is 8.16. The number of halogens is 1. The van der Waals surface area contributed by atoms with E-state index in [-0.39, 0.29) is 5.56 Å². The molecule has 2 aromatic carbocycles. The van der Waals surface area contributed by atoms with Crippen molar-refractivity contribution in [3.8, 4) is 0 Å². The van der Waals surface area contributed by atoms with Gasteiger partial charge in [-0.3, -0.25) is 9.80 Å². The average molecular weight is 412 g/mol. The van der Waals surface area contributed by atoms with E-state index < -0.39 is 24.3 Å². The predicted molar refractivity (Wildman–Crippen MR) is 110 cm³/mol. The number of likely N-dealkylation sites (tertiary alicyclic amines) is 1. The van der Waals surface area contributed by atoms with Crippen molar-refractivity contribution in [1.82, 2.24) is 4.90 Å². The first-order chi connectivity index (χ1) is 14.4. The van der Waals surface area contributed by atoms with Gasteiger partial charge < -0.3 is 9.84 Å². The first-order valence-corrected chi connectivity index (χ1v) is 10.1. The Balaban J connectivity index is 1.38. The monoisotopic (exact) mass is 412 g/mol. The lowest BCUT2D eigenvalue weighted by molar-refractivity contribution is -0.000984. The molecule has 2 saturated heterocycles. The molecule has 1 N–H and O–H groups in total. The maximum absolute atomic E-state index is 13.1. The number of hydrogen-bond donors (Lipinski definition) is 1. The van der Waals surface area contributed by atoms with E-state index in [2.05, 4.69) is 4.90 Å². The number of carboxylic acid groups (broad SMARTS) is 1. The molecule has 2 aliphatic heterocycles. The van der Waals surface area contributed by atoms with E-state index >= 15 is 0 Å². The molecule has 0 unspecified atom stereocenters. The number of piperidine rings is 1. The van der Waals surface area contributed by atoms with Gasteiger partial charge in [0, 0.05) is 38.2 Å². The van der Waals surface area contributed by atoms with Gasteiger partial charge in [0.05, 0.1) is 12.1 Å². The summed E-state index contributed by atoms with van der Waals surface area (Å²) in [6.07, 6.45) is 1.06. The van der Waals surface area contributed by atoms with Gasteiger partial charge in [-0.25, -0.2) is 14.0 Å². The van der Waals surface area contributed by atoms with Crippen LogP contribution >= 0.6 is 0 Å². The third-order valence-electron chi connectivity index (χ3n) is 6.13. The molecule has 0 atom stereocenters. The average Bonchev–Trinajstić information content (AvgIpc) is 3.07. The number of rotatable bonds is 5. The number of benzene rings is 2. The van der Waals surface area contributed by atoms with Crippen LogP contribution in [0.3, 0.4) is 0 Å². The molecular formula is C23H25FN2O4. The molecule has 1 amide bonds. The van der Waals surface area contributed by atoms with Crippen LogP contribution < -0.4 is 4.90 Å². The topological polar surface area (TPSA) is 70.1 Å². The van der Waals surface area contributed by atoms with Crippen molar-refractivity contribution < 1.29 is 23.8 Å². The fourth-order valence-corrected chi connectivity index (χ4v) is 4.21. The van der Waals surface area contributed by atoms with Gasteiger partial charge in [0.15, 0.2) is 0 Å². The maximum atomic E-state index is 13.1. The van der Waals surface area contributed by atoms with E-state index in [0.717, 1.165) is 49.2 Å². The van der Waals surface area contributed by atoms with E-state index in [0.29, 0.717) is 12.2 Å². The molecule has 1 spiro atoms. The maximum Gasteiger partial charge on any atom is 0.415 e. The summed E-state index contributed by atoms with van der Waals surface area (Å²) in [4.78, 5) is 27.4. The lowest BCUT2D eigenvalue weighted by Crippen LogP contribution is -2.46. The SMILES string of the molecule is Cc1ccc(CN2CCC3(CC2)CN(c2ccc(C(=O)O)cc2)C(=O)O3)cc1CF. The second-order valence-corrected chi connectivity index (χ2v) is 8.16. The number of anilines is 1. The number of alkyl halides is 1. The van der Waals surface area contributed by atoms with Gasteiger partial charge in [0.25, 0.3) is 0 Å². The highest BCUT2D eigenvalue weighted by atomic mass is 19.1. The van der Waals surface area contributed by atoms with Gasteiger partial charge in [-0.1, -0.05) is 18.2 Å². The molecule has 7 heteroatoms. The zero-order valence-electron chi connectivity index (χ0n) is 16.9. The summed E-state index contributed by atoms with van der Waals surface area (Å²) in [5.74, 6) is -0.999. The van der Waals surface area contributed by atoms with Crippen LogP contribution in [0.15, 0.2) is 42.5 Å². The second kappa shape index (κ2) is 8.07. The highest BCUT2D eigenvalue weighted by Crippen LogP contribution is 2.36. The van der Waals surface area contributed by atoms with Crippen LogP contribution in [0.5, 0.6) is 0 Å². The van der Waals surface area contributed by atoms with E-state index in [4.69, 9.17) is 9.84 Å². The van der Waals surface area contributed by atoms with Crippen molar-refractivity contribution >= 4 is 17.7 Å². The summed E-state index contributed by atoms with van der Waals surface area (Å²) in [6.45, 7) is 4.25. The summed E-state index contributed by atoms with van der Waals surface area (Å²) >= 11 is 0. The molecule has 2 fully saturated rings. The lowest BCUT2D eigenvalue weighted by Gasteiger charge is -2.37. The number of carboxylic acids is 1. The lowest BCUT2D eigenvalue weighted by atomic mass is 9.91. The number of ether oxygens (including phenoxy) is 1. The van der Waals surface area contributed by atoms with Crippen molar-refractivity contribution in [2.75, 3.05) is 24.5 Å². The molecule has 0 saturated carbocycles. The van der Waals surface area contributed by atoms with Crippen LogP contribution in [0, 0.1) is 6.92 Å². The van der Waals surface area contributed by atoms with Gasteiger partial charge in [0.2, 0.25) is 0 Å². The number of nitrogens with zero attached hydrogens (tertiary/aromatic N) is 2. The van der Waals surface area contributed by atoms with Crippen molar-refractivity contribution in [3.63, 3.8) is 0 Å². The van der Waals surface area contributed by atoms with Crippen LogP contribution in [0.25, 0.3) is 0 Å². The largest absolute Gasteiger partial charge is 0.478 e. The Morgan fingerprint density at radius 1 is 1.17 bits per heavy atom. The highest BCUT2D eigenvalue weighted by molar-refractivity contribution is 5.92. The van der Waals surface area contributed by atoms with E-state index in [1.54, 1.807) is 17.0 Å². The molecule has 30 heavy (non-hydrogen) atoms. The summed E-state index contributed by atoms with van der Waals surface area (Å²) in [5.41, 5.74) is 3.09. The summed E-state index contributed by atoms with van der Waals surface area (Å²) < 4.78 is 18.9. The van der Waals surface area contributed by atoms with E-state index in [1.807, 2.05) is 25.1 Å². The molecule has 2 aromatic rings. The fraction of sp³-hybridized carbons (Fsp3) is 0.391. The molecule has 4 rings (SSSR count). The summed E-state index contributed by atoms with van der Waals surface area (Å²) in [5, 5.41) is 9.04. The Bertz CT molecular complexity index is 952. The number of carbonyl (C=O) groups excluding carboxylic acids is 1. The summed E-state index contributed by atoms with van der Waals surface area (Å²) in [7, 11) is 0. The van der Waals surface area contributed by atoms with Crippen LogP contribution in [0.2, 0.25) is 0 Å². The molecular weight excluding hydrogens is 387 g/mol. The van der Waals surface area contributed by atoms with Gasteiger partial charge in [0.1, 0.15) is 12.3 Å². The molecule has 158 valence electrons. The van der Waals surface area contributed by atoms with Crippen LogP contribution in [-0.4, -0.2) is 47.3 Å². The minimum Gasteiger partial charge on any atom is -0.478 e. The van der Waals surface area contributed by atoms with Gasteiger partial charge >= 0.3 is 12.1 Å². The number of aryl methyl sites for hydroxylation is 1. The van der Waals surface area contributed by atoms with Crippen molar-refractivity contribution in [2.45, 2.75) is 38.6 Å². The first-order valence-electron chi connectivity index (χ1n) is 10.1. The fourth-order valence-electron chi connectivity index (χ4n) is 4.21. The third-order valence-corrected chi connectivity index (χ3v) is 6.13. The van der Waals surface area contributed by atoms with Gasteiger partial charge in [-0.05, 0) is 47.9 Å². The van der Waals surface area contributed by atoms with Crippen molar-refractivity contribution in [2.24, 2.45) is 0 Å². The molecule has 6 nitrogen and oxygen atoms in total. The Morgan fingerprint density at radius 3 is 2.50 bits per heavy atom. The zero-order valence-corrected chi connectivity index (χ0v) is 16.9. The zero-order chi connectivity index (χ0) is 21.3. The molecule has 0 bridgehead atoms. The standard InChI is InChI=1S/C23H25FN2O4/c1-16-2-3-17(12-19(16)13-24)14-25-10-8-23(9-11-25)15-26(22(29)30-23)20-6-4-18(5-7-20)21(27)28/h2-7,12H,8-11,13-15H2,1H3,(H,27,28). The number of aromatic carboxylic acids is 1. The van der Waals surface area contributed by atoms with Crippen LogP contribution in [0.4, 0.5) is 14.9 Å². The quantitative estimate of drug-likeness (QED) is 0.799. The molecule has 0 radical (unpaired) electrons.